The Morgan fingerprint density at radius 3 is 2.50 bits per heavy atom. The van der Waals surface area contributed by atoms with Gasteiger partial charge in [-0.15, -0.1) is 10.2 Å². The van der Waals surface area contributed by atoms with Crippen LogP contribution in [0.4, 0.5) is 0 Å². The molecule has 3 aromatic heterocycles. The Balaban J connectivity index is 1.59. The number of carbonyl (C=O) groups is 2. The van der Waals surface area contributed by atoms with Crippen LogP contribution in [-0.2, 0) is 11.3 Å². The minimum atomic E-state index is -0.426. The van der Waals surface area contributed by atoms with E-state index in [4.69, 9.17) is 4.74 Å². The first-order valence-corrected chi connectivity index (χ1v) is 11.9. The van der Waals surface area contributed by atoms with Crippen LogP contribution in [0.1, 0.15) is 44.6 Å². The summed E-state index contributed by atoms with van der Waals surface area (Å²) < 4.78 is 7.13. The number of Topliss-reactive ketones (excluding diaryl/α,β-unsaturated/α-hetero) is 1. The second-order valence-corrected chi connectivity index (χ2v) is 8.61. The van der Waals surface area contributed by atoms with E-state index in [0.717, 1.165) is 11.1 Å². The molecule has 0 bridgehead atoms. The number of rotatable bonds is 9. The van der Waals surface area contributed by atoms with Crippen molar-refractivity contribution in [3.8, 4) is 11.4 Å². The fourth-order valence-electron chi connectivity index (χ4n) is 3.76. The van der Waals surface area contributed by atoms with Crippen molar-refractivity contribution in [3.63, 3.8) is 0 Å². The highest BCUT2D eigenvalue weighted by molar-refractivity contribution is 7.99. The van der Waals surface area contributed by atoms with Gasteiger partial charge in [0.05, 0.1) is 30.2 Å². The van der Waals surface area contributed by atoms with E-state index in [0.29, 0.717) is 40.0 Å². The average molecular weight is 476 g/mol. The van der Waals surface area contributed by atoms with Crippen molar-refractivity contribution in [2.45, 2.75) is 32.5 Å². The van der Waals surface area contributed by atoms with E-state index in [1.165, 1.54) is 11.8 Å². The van der Waals surface area contributed by atoms with E-state index in [1.807, 2.05) is 47.0 Å². The lowest BCUT2D eigenvalue weighted by Gasteiger charge is -2.10. The van der Waals surface area contributed by atoms with Gasteiger partial charge in [-0.1, -0.05) is 42.1 Å². The molecule has 0 atom stereocenters. The van der Waals surface area contributed by atoms with Gasteiger partial charge in [0, 0.05) is 23.7 Å². The topological polar surface area (TPSA) is 103 Å². The van der Waals surface area contributed by atoms with Crippen LogP contribution in [0.25, 0.3) is 11.4 Å². The summed E-state index contributed by atoms with van der Waals surface area (Å²) in [4.78, 5) is 32.5. The minimum absolute atomic E-state index is 0.124. The van der Waals surface area contributed by atoms with E-state index in [9.17, 15) is 9.59 Å². The molecule has 1 N–H and O–H groups in total. The number of hydrogen-bond acceptors (Lipinski definition) is 7. The van der Waals surface area contributed by atoms with Gasteiger partial charge in [-0.25, -0.2) is 4.79 Å². The van der Waals surface area contributed by atoms with Crippen LogP contribution < -0.4 is 0 Å². The fraction of sp³-hybridized carbons (Fsp3) is 0.240. The smallest absolute Gasteiger partial charge is 0.340 e. The van der Waals surface area contributed by atoms with Gasteiger partial charge in [-0.05, 0) is 44.0 Å². The van der Waals surface area contributed by atoms with Crippen molar-refractivity contribution < 1.29 is 14.3 Å². The molecular formula is C25H25N5O3S. The molecule has 3 heterocycles. The number of ether oxygens (including phenoxy) is 1. The number of hydrogen-bond donors (Lipinski definition) is 1. The van der Waals surface area contributed by atoms with Crippen molar-refractivity contribution in [1.82, 2.24) is 24.7 Å². The summed E-state index contributed by atoms with van der Waals surface area (Å²) in [5.41, 5.74) is 4.05. The molecule has 8 nitrogen and oxygen atoms in total. The van der Waals surface area contributed by atoms with E-state index in [2.05, 4.69) is 20.2 Å². The first kappa shape index (κ1) is 23.4. The predicted molar refractivity (Wildman–Crippen MR) is 130 cm³/mol. The highest BCUT2D eigenvalue weighted by atomic mass is 32.2. The van der Waals surface area contributed by atoms with Gasteiger partial charge in [-0.3, -0.25) is 14.3 Å². The maximum Gasteiger partial charge on any atom is 0.340 e. The van der Waals surface area contributed by atoms with Crippen LogP contribution in [0.3, 0.4) is 0 Å². The van der Waals surface area contributed by atoms with Gasteiger partial charge in [-0.2, -0.15) is 0 Å². The van der Waals surface area contributed by atoms with Gasteiger partial charge >= 0.3 is 5.97 Å². The standard InChI is InChI=1S/C25H25N5O3S/c1-4-33-24(32)21-16(2)22(27-17(21)3)20(31)15-34-25-29-28-23(19-10-12-26-13-11-19)30(25)14-18-8-6-5-7-9-18/h5-13,27H,4,14-15H2,1-3H3. The number of benzene rings is 1. The fourth-order valence-corrected chi connectivity index (χ4v) is 4.57. The maximum absolute atomic E-state index is 13.1. The van der Waals surface area contributed by atoms with Crippen molar-refractivity contribution in [2.24, 2.45) is 0 Å². The molecule has 0 fully saturated rings. The van der Waals surface area contributed by atoms with Crippen molar-refractivity contribution >= 4 is 23.5 Å². The third-order valence-corrected chi connectivity index (χ3v) is 6.33. The van der Waals surface area contributed by atoms with Crippen LogP contribution in [0, 0.1) is 13.8 Å². The number of aryl methyl sites for hydroxylation is 1. The molecule has 0 saturated carbocycles. The highest BCUT2D eigenvalue weighted by Gasteiger charge is 2.24. The summed E-state index contributed by atoms with van der Waals surface area (Å²) in [6.45, 7) is 6.12. The van der Waals surface area contributed by atoms with Gasteiger partial charge in [0.25, 0.3) is 0 Å². The largest absolute Gasteiger partial charge is 0.462 e. The number of carbonyl (C=O) groups excluding carboxylic acids is 2. The van der Waals surface area contributed by atoms with Gasteiger partial charge in [0.1, 0.15) is 0 Å². The van der Waals surface area contributed by atoms with Crippen LogP contribution in [0.2, 0.25) is 0 Å². The van der Waals surface area contributed by atoms with Gasteiger partial charge in [0.15, 0.2) is 16.8 Å². The molecule has 0 aliphatic heterocycles. The molecule has 0 saturated heterocycles. The van der Waals surface area contributed by atoms with Crippen molar-refractivity contribution in [2.75, 3.05) is 12.4 Å². The number of esters is 1. The lowest BCUT2D eigenvalue weighted by atomic mass is 10.1. The lowest BCUT2D eigenvalue weighted by Crippen LogP contribution is -2.09. The quantitative estimate of drug-likeness (QED) is 0.216. The lowest BCUT2D eigenvalue weighted by molar-refractivity contribution is 0.0525. The summed E-state index contributed by atoms with van der Waals surface area (Å²) in [7, 11) is 0. The second-order valence-electron chi connectivity index (χ2n) is 7.67. The number of pyridine rings is 1. The molecular weight excluding hydrogens is 450 g/mol. The molecule has 4 rings (SSSR count). The summed E-state index contributed by atoms with van der Waals surface area (Å²) in [6, 6.07) is 13.8. The summed E-state index contributed by atoms with van der Waals surface area (Å²) in [5, 5.41) is 9.40. The number of ketones is 1. The molecule has 34 heavy (non-hydrogen) atoms. The van der Waals surface area contributed by atoms with Crippen molar-refractivity contribution in [1.29, 1.82) is 0 Å². The first-order valence-electron chi connectivity index (χ1n) is 10.9. The molecule has 0 unspecified atom stereocenters. The zero-order valence-corrected chi connectivity index (χ0v) is 20.1. The van der Waals surface area contributed by atoms with Crippen LogP contribution in [0.15, 0.2) is 60.0 Å². The summed E-state index contributed by atoms with van der Waals surface area (Å²) in [5.74, 6) is 0.301. The number of nitrogens with zero attached hydrogens (tertiary/aromatic N) is 4. The van der Waals surface area contributed by atoms with Crippen LogP contribution in [-0.4, -0.2) is 48.8 Å². The maximum atomic E-state index is 13.1. The molecule has 4 aromatic rings. The SMILES string of the molecule is CCOC(=O)c1c(C)[nH]c(C(=O)CSc2nnc(-c3ccncc3)n2Cc2ccccc2)c1C. The predicted octanol–water partition coefficient (Wildman–Crippen LogP) is 4.49. The third kappa shape index (κ3) is 4.94. The number of nitrogens with one attached hydrogen (secondary N) is 1. The van der Waals surface area contributed by atoms with Crippen LogP contribution in [0.5, 0.6) is 0 Å². The minimum Gasteiger partial charge on any atom is -0.462 e. The Morgan fingerprint density at radius 1 is 1.06 bits per heavy atom. The van der Waals surface area contributed by atoms with Gasteiger partial charge in [0.2, 0.25) is 0 Å². The van der Waals surface area contributed by atoms with E-state index < -0.39 is 5.97 Å². The second kappa shape index (κ2) is 10.5. The molecule has 0 spiro atoms. The molecule has 9 heteroatoms. The Morgan fingerprint density at radius 2 is 1.79 bits per heavy atom. The normalized spacial score (nSPS) is 10.9. The number of aromatic amines is 1. The Labute approximate surface area is 201 Å². The summed E-state index contributed by atoms with van der Waals surface area (Å²) in [6.07, 6.45) is 3.43. The highest BCUT2D eigenvalue weighted by Crippen LogP contribution is 2.27. The average Bonchev–Trinajstić information content (AvgIpc) is 3.38. The Hall–Kier alpha value is -3.72. The monoisotopic (exact) mass is 475 g/mol. The number of thioether (sulfide) groups is 1. The Kier molecular flexibility index (Phi) is 7.22. The first-order chi connectivity index (χ1) is 16.5. The Bertz CT molecular complexity index is 1300. The van der Waals surface area contributed by atoms with Gasteiger partial charge < -0.3 is 9.72 Å². The third-order valence-electron chi connectivity index (χ3n) is 5.37. The molecule has 174 valence electrons. The molecule has 0 aliphatic carbocycles. The van der Waals surface area contributed by atoms with E-state index in [1.54, 1.807) is 33.2 Å². The van der Waals surface area contributed by atoms with E-state index in [-0.39, 0.29) is 18.1 Å². The number of aromatic nitrogens is 5. The molecule has 0 amide bonds. The molecule has 1 aromatic carbocycles. The molecule has 0 radical (unpaired) electrons. The molecule has 0 aliphatic rings. The number of H-pyrrole nitrogens is 1. The zero-order valence-electron chi connectivity index (χ0n) is 19.2. The van der Waals surface area contributed by atoms with Crippen LogP contribution >= 0.6 is 11.8 Å². The summed E-state index contributed by atoms with van der Waals surface area (Å²) >= 11 is 1.32. The zero-order chi connectivity index (χ0) is 24.1. The van der Waals surface area contributed by atoms with E-state index >= 15 is 0 Å². The van der Waals surface area contributed by atoms with Crippen molar-refractivity contribution in [3.05, 3.63) is 82.9 Å².